The number of carbonyl (C=O) groups is 3. The topological polar surface area (TPSA) is 131 Å². The van der Waals surface area contributed by atoms with E-state index in [0.717, 1.165) is 18.5 Å². The molecular weight excluding hydrogens is 569 g/mol. The number of benzene rings is 2. The number of β-amino-alcohol motifs (C(OH)–C–C–N with tert-alkyl or cyclic N) is 1. The molecule has 2 fully saturated rings. The van der Waals surface area contributed by atoms with Gasteiger partial charge in [-0.2, -0.15) is 13.2 Å². The summed E-state index contributed by atoms with van der Waals surface area (Å²) in [6.07, 6.45) is -4.00. The highest BCUT2D eigenvalue weighted by atomic mass is 35.5. The first-order chi connectivity index (χ1) is 19.3. The zero-order valence-electron chi connectivity index (χ0n) is 22.4. The van der Waals surface area contributed by atoms with Gasteiger partial charge in [0.15, 0.2) is 0 Å². The van der Waals surface area contributed by atoms with Crippen molar-refractivity contribution in [1.29, 1.82) is 0 Å². The first-order valence-electron chi connectivity index (χ1n) is 12.8. The zero-order chi connectivity index (χ0) is 30.3. The molecule has 0 aromatic heterocycles. The maximum absolute atomic E-state index is 12.8. The number of hydrogen-bond donors (Lipinski definition) is 4. The van der Waals surface area contributed by atoms with Gasteiger partial charge in [0, 0.05) is 55.8 Å². The minimum atomic E-state index is -5.08. The minimum absolute atomic E-state index is 0.0192. The van der Waals surface area contributed by atoms with Crippen molar-refractivity contribution in [3.05, 3.63) is 53.1 Å². The quantitative estimate of drug-likeness (QED) is 0.397. The van der Waals surface area contributed by atoms with Crippen LogP contribution in [0.1, 0.15) is 30.1 Å². The Morgan fingerprint density at radius 3 is 2.20 bits per heavy atom. The lowest BCUT2D eigenvalue weighted by Crippen LogP contribution is -2.50. The first-order valence-corrected chi connectivity index (χ1v) is 13.2. The molecule has 10 nitrogen and oxygen atoms in total. The Bertz CT molecular complexity index is 1220. The number of rotatable bonds is 6. The van der Waals surface area contributed by atoms with E-state index in [1.807, 2.05) is 17.0 Å². The number of nitrogens with zero attached hydrogens (tertiary/aromatic N) is 2. The lowest BCUT2D eigenvalue weighted by atomic mass is 10.0. The fourth-order valence-electron chi connectivity index (χ4n) is 4.67. The molecule has 0 unspecified atom stereocenters. The number of halogens is 4. The first kappa shape index (κ1) is 32.0. The number of aliphatic hydroxyl groups is 1. The molecule has 0 aliphatic carbocycles. The molecule has 4 N–H and O–H groups in total. The second-order valence-electron chi connectivity index (χ2n) is 9.69. The molecule has 2 aromatic carbocycles. The maximum Gasteiger partial charge on any atom is 0.490 e. The highest BCUT2D eigenvalue weighted by Crippen LogP contribution is 2.33. The third kappa shape index (κ3) is 8.97. The minimum Gasteiger partial charge on any atom is -0.497 e. The molecule has 2 saturated heterocycles. The van der Waals surface area contributed by atoms with E-state index in [4.69, 9.17) is 26.2 Å². The van der Waals surface area contributed by atoms with E-state index in [2.05, 4.69) is 15.5 Å². The highest BCUT2D eigenvalue weighted by Gasteiger charge is 2.38. The van der Waals surface area contributed by atoms with E-state index < -0.39 is 18.2 Å². The number of amides is 2. The third-order valence-corrected chi connectivity index (χ3v) is 6.96. The van der Waals surface area contributed by atoms with E-state index in [-0.39, 0.29) is 23.9 Å². The summed E-state index contributed by atoms with van der Waals surface area (Å²) in [5.41, 5.74) is 2.15. The van der Waals surface area contributed by atoms with Crippen LogP contribution < -0.4 is 20.3 Å². The third-order valence-electron chi connectivity index (χ3n) is 6.71. The van der Waals surface area contributed by atoms with Gasteiger partial charge in [-0.3, -0.25) is 9.59 Å². The summed E-state index contributed by atoms with van der Waals surface area (Å²) >= 11 is 5.93. The van der Waals surface area contributed by atoms with Crippen molar-refractivity contribution in [1.82, 2.24) is 10.2 Å². The normalized spacial score (nSPS) is 19.3. The molecule has 0 saturated carbocycles. The smallest absolute Gasteiger partial charge is 0.490 e. The summed E-state index contributed by atoms with van der Waals surface area (Å²) in [5, 5.41) is 25.0. The molecule has 2 aliphatic rings. The van der Waals surface area contributed by atoms with Crippen molar-refractivity contribution in [2.24, 2.45) is 0 Å². The van der Waals surface area contributed by atoms with E-state index in [1.54, 1.807) is 37.4 Å². The lowest BCUT2D eigenvalue weighted by Gasteiger charge is -2.34. The van der Waals surface area contributed by atoms with E-state index in [0.29, 0.717) is 48.2 Å². The van der Waals surface area contributed by atoms with Crippen LogP contribution in [0.3, 0.4) is 0 Å². The van der Waals surface area contributed by atoms with Crippen LogP contribution in [-0.4, -0.2) is 90.5 Å². The van der Waals surface area contributed by atoms with Crippen LogP contribution >= 0.6 is 11.6 Å². The van der Waals surface area contributed by atoms with Crippen LogP contribution in [0, 0.1) is 0 Å². The molecule has 0 radical (unpaired) electrons. The molecule has 224 valence electrons. The van der Waals surface area contributed by atoms with Crippen LogP contribution in [0.5, 0.6) is 5.75 Å². The van der Waals surface area contributed by atoms with Crippen molar-refractivity contribution >= 4 is 40.8 Å². The number of aliphatic carboxylic acids is 1. The number of hydrogen-bond acceptors (Lipinski definition) is 7. The van der Waals surface area contributed by atoms with E-state index in [1.165, 1.54) is 6.92 Å². The Balaban J connectivity index is 0.000000587. The number of likely N-dealkylation sites (tertiary alicyclic amines) is 1. The van der Waals surface area contributed by atoms with Gasteiger partial charge in [0.1, 0.15) is 5.75 Å². The van der Waals surface area contributed by atoms with Gasteiger partial charge in [-0.15, -0.1) is 0 Å². The molecule has 2 amide bonds. The number of methoxy groups -OCH3 is 1. The number of carboxylic acid groups (broad SMARTS) is 1. The molecule has 2 aliphatic heterocycles. The number of carboxylic acids is 1. The van der Waals surface area contributed by atoms with Gasteiger partial charge in [0.05, 0.1) is 30.6 Å². The van der Waals surface area contributed by atoms with Gasteiger partial charge in [-0.25, -0.2) is 4.79 Å². The molecule has 0 bridgehead atoms. The number of aliphatic hydroxyl groups excluding tert-OH is 1. The SMILES string of the molecule is COc1ccc(NC(C)=O)c(N2C[C@@H](O)[C@H](NC3CCN(C(=O)c4ccc(Cl)cc4)CC3)C2)c1.O=C(O)C(F)(F)F. The Labute approximate surface area is 240 Å². The van der Waals surface area contributed by atoms with Crippen LogP contribution in [0.2, 0.25) is 5.02 Å². The Hall–Kier alpha value is -3.55. The van der Waals surface area contributed by atoms with E-state index in [9.17, 15) is 27.9 Å². The molecule has 2 aromatic rings. The summed E-state index contributed by atoms with van der Waals surface area (Å²) in [7, 11) is 1.60. The number of anilines is 2. The van der Waals surface area contributed by atoms with Crippen LogP contribution in [0.15, 0.2) is 42.5 Å². The molecular formula is C27H32ClF3N4O6. The van der Waals surface area contributed by atoms with Gasteiger partial charge >= 0.3 is 12.1 Å². The van der Waals surface area contributed by atoms with E-state index >= 15 is 0 Å². The van der Waals surface area contributed by atoms with Gasteiger partial charge < -0.3 is 35.4 Å². The number of piperidine rings is 1. The van der Waals surface area contributed by atoms with Crippen LogP contribution in [0.25, 0.3) is 0 Å². The molecule has 2 atom stereocenters. The van der Waals surface area contributed by atoms with Crippen molar-refractivity contribution < 1.29 is 42.5 Å². The van der Waals surface area contributed by atoms with Gasteiger partial charge in [-0.05, 0) is 49.2 Å². The fraction of sp³-hybridized carbons (Fsp3) is 0.444. The summed E-state index contributed by atoms with van der Waals surface area (Å²) in [6.45, 7) is 3.85. The molecule has 0 spiro atoms. The van der Waals surface area contributed by atoms with Crippen molar-refractivity contribution in [2.75, 3.05) is 43.5 Å². The average Bonchev–Trinajstić information content (AvgIpc) is 3.28. The van der Waals surface area contributed by atoms with Gasteiger partial charge in [-0.1, -0.05) is 11.6 Å². The number of carbonyl (C=O) groups excluding carboxylic acids is 2. The summed E-state index contributed by atoms with van der Waals surface area (Å²) in [6, 6.07) is 12.6. The zero-order valence-corrected chi connectivity index (χ0v) is 23.2. The number of nitrogens with one attached hydrogen (secondary N) is 2. The fourth-order valence-corrected chi connectivity index (χ4v) is 4.80. The highest BCUT2D eigenvalue weighted by molar-refractivity contribution is 6.30. The largest absolute Gasteiger partial charge is 0.497 e. The number of ether oxygens (including phenoxy) is 1. The van der Waals surface area contributed by atoms with Gasteiger partial charge in [0.2, 0.25) is 5.91 Å². The lowest BCUT2D eigenvalue weighted by molar-refractivity contribution is -0.192. The molecule has 4 rings (SSSR count). The monoisotopic (exact) mass is 600 g/mol. The standard InChI is InChI=1S/C25H31ClN4O4.C2HF3O2/c1-16(31)27-21-8-7-20(34-2)13-23(21)30-14-22(24(32)15-30)28-19-9-11-29(12-10-19)25(33)17-3-5-18(26)6-4-17;3-2(4,5)1(6)7/h3-8,13,19,22,24,28,32H,9-12,14-15H2,1-2H3,(H,27,31);(H,6,7)/t22-,24-;/m1./s1. The van der Waals surface area contributed by atoms with Crippen molar-refractivity contribution in [2.45, 2.75) is 44.1 Å². The maximum atomic E-state index is 12.8. The second kappa shape index (κ2) is 13.9. The Morgan fingerprint density at radius 2 is 1.66 bits per heavy atom. The summed E-state index contributed by atoms with van der Waals surface area (Å²) in [5.74, 6) is -2.20. The Morgan fingerprint density at radius 1 is 1.05 bits per heavy atom. The number of alkyl halides is 3. The molecule has 41 heavy (non-hydrogen) atoms. The van der Waals surface area contributed by atoms with Crippen molar-refractivity contribution in [3.8, 4) is 5.75 Å². The predicted octanol–water partition coefficient (Wildman–Crippen LogP) is 3.38. The second-order valence-corrected chi connectivity index (χ2v) is 10.1. The predicted molar refractivity (Wildman–Crippen MR) is 147 cm³/mol. The average molecular weight is 601 g/mol. The van der Waals surface area contributed by atoms with Crippen molar-refractivity contribution in [3.63, 3.8) is 0 Å². The Kier molecular flexibility index (Phi) is 10.8. The van der Waals surface area contributed by atoms with Crippen LogP contribution in [-0.2, 0) is 9.59 Å². The van der Waals surface area contributed by atoms with Crippen LogP contribution in [0.4, 0.5) is 24.5 Å². The summed E-state index contributed by atoms with van der Waals surface area (Å²) < 4.78 is 37.1. The van der Waals surface area contributed by atoms with Gasteiger partial charge in [0.25, 0.3) is 5.91 Å². The summed E-state index contributed by atoms with van der Waals surface area (Å²) in [4.78, 5) is 37.2. The molecule has 2 heterocycles. The molecule has 14 heteroatoms.